The zero-order valence-corrected chi connectivity index (χ0v) is 16.6. The topological polar surface area (TPSA) is 72.4 Å². The van der Waals surface area contributed by atoms with Crippen LogP contribution < -0.4 is 4.74 Å². The Balaban J connectivity index is 1.35. The Hall–Kier alpha value is -3.03. The maximum absolute atomic E-state index is 13.1. The summed E-state index contributed by atoms with van der Waals surface area (Å²) in [6.07, 6.45) is -0.219. The number of benzene rings is 2. The maximum Gasteiger partial charge on any atom is 0.245 e. The molecule has 2 aromatic heterocycles. The Bertz CT molecular complexity index is 1330. The SMILES string of the molecule is Cc1ccc2cccc(S(=O)(=O)N3CC(Oc4ccc5ccccc5n4)C3)c2n1. The predicted octanol–water partition coefficient (Wildman–Crippen LogP) is 3.54. The highest BCUT2D eigenvalue weighted by Gasteiger charge is 2.39. The fourth-order valence-electron chi connectivity index (χ4n) is 3.52. The third-order valence-corrected chi connectivity index (χ3v) is 6.98. The van der Waals surface area contributed by atoms with Crippen LogP contribution in [0.5, 0.6) is 5.88 Å². The predicted molar refractivity (Wildman–Crippen MR) is 111 cm³/mol. The molecule has 0 saturated carbocycles. The van der Waals surface area contributed by atoms with Gasteiger partial charge in [-0.3, -0.25) is 4.98 Å². The Labute approximate surface area is 168 Å². The third kappa shape index (κ3) is 3.22. The molecule has 0 unspecified atom stereocenters. The van der Waals surface area contributed by atoms with Crippen LogP contribution in [0.25, 0.3) is 21.8 Å². The molecule has 0 spiro atoms. The number of aromatic nitrogens is 2. The van der Waals surface area contributed by atoms with Crippen molar-refractivity contribution in [2.24, 2.45) is 0 Å². The van der Waals surface area contributed by atoms with Gasteiger partial charge < -0.3 is 4.74 Å². The van der Waals surface area contributed by atoms with Crippen LogP contribution in [0.2, 0.25) is 0 Å². The van der Waals surface area contributed by atoms with Gasteiger partial charge in [0, 0.05) is 22.5 Å². The van der Waals surface area contributed by atoms with E-state index >= 15 is 0 Å². The molecule has 0 atom stereocenters. The van der Waals surface area contributed by atoms with E-state index in [-0.39, 0.29) is 11.0 Å². The zero-order valence-electron chi connectivity index (χ0n) is 15.8. The molecule has 0 radical (unpaired) electrons. The quantitative estimate of drug-likeness (QED) is 0.519. The minimum atomic E-state index is -3.64. The molecule has 0 amide bonds. The third-order valence-electron chi connectivity index (χ3n) is 5.12. The lowest BCUT2D eigenvalue weighted by Crippen LogP contribution is -2.56. The monoisotopic (exact) mass is 405 g/mol. The molecular weight excluding hydrogens is 386 g/mol. The van der Waals surface area contributed by atoms with Crippen LogP contribution in [0.4, 0.5) is 0 Å². The van der Waals surface area contributed by atoms with Gasteiger partial charge in [0.2, 0.25) is 15.9 Å². The van der Waals surface area contributed by atoms with Crippen molar-refractivity contribution >= 4 is 31.8 Å². The second-order valence-electron chi connectivity index (χ2n) is 7.18. The second kappa shape index (κ2) is 6.79. The lowest BCUT2D eigenvalue weighted by molar-refractivity contribution is 0.0724. The summed E-state index contributed by atoms with van der Waals surface area (Å²) in [7, 11) is -3.64. The van der Waals surface area contributed by atoms with Crippen LogP contribution in [0, 0.1) is 6.92 Å². The first-order valence-corrected chi connectivity index (χ1v) is 10.8. The van der Waals surface area contributed by atoms with Gasteiger partial charge >= 0.3 is 0 Å². The molecule has 1 saturated heterocycles. The lowest BCUT2D eigenvalue weighted by Gasteiger charge is -2.37. The first-order valence-electron chi connectivity index (χ1n) is 9.40. The van der Waals surface area contributed by atoms with Crippen molar-refractivity contribution in [1.29, 1.82) is 0 Å². The average Bonchev–Trinajstić information content (AvgIpc) is 2.69. The molecule has 5 rings (SSSR count). The molecule has 1 aliphatic heterocycles. The normalized spacial score (nSPS) is 15.5. The molecule has 0 N–H and O–H groups in total. The average molecular weight is 405 g/mol. The largest absolute Gasteiger partial charge is 0.472 e. The minimum absolute atomic E-state index is 0.219. The van der Waals surface area contributed by atoms with Gasteiger partial charge in [0.15, 0.2) is 0 Å². The summed E-state index contributed by atoms with van der Waals surface area (Å²) < 4.78 is 33.6. The highest BCUT2D eigenvalue weighted by atomic mass is 32.2. The Morgan fingerprint density at radius 1 is 0.897 bits per heavy atom. The highest BCUT2D eigenvalue weighted by Crippen LogP contribution is 2.29. The number of ether oxygens (including phenoxy) is 1. The summed E-state index contributed by atoms with van der Waals surface area (Å²) >= 11 is 0. The van der Waals surface area contributed by atoms with Crippen molar-refractivity contribution in [1.82, 2.24) is 14.3 Å². The van der Waals surface area contributed by atoms with E-state index < -0.39 is 10.0 Å². The van der Waals surface area contributed by atoms with Gasteiger partial charge in [-0.05, 0) is 31.2 Å². The molecule has 0 bridgehead atoms. The molecule has 29 heavy (non-hydrogen) atoms. The van der Waals surface area contributed by atoms with Gasteiger partial charge in [-0.15, -0.1) is 0 Å². The van der Waals surface area contributed by atoms with Gasteiger partial charge in [0.1, 0.15) is 11.0 Å². The molecular formula is C22H19N3O3S. The molecule has 0 aliphatic carbocycles. The van der Waals surface area contributed by atoms with E-state index in [1.54, 1.807) is 12.1 Å². The number of sulfonamides is 1. The second-order valence-corrected chi connectivity index (χ2v) is 9.09. The Kier molecular flexibility index (Phi) is 4.22. The number of fused-ring (bicyclic) bond motifs is 2. The summed E-state index contributed by atoms with van der Waals surface area (Å²) in [5.41, 5.74) is 2.14. The Morgan fingerprint density at radius 3 is 2.52 bits per heavy atom. The standard InChI is InChI=1S/C22H19N3O3S/c1-15-9-10-17-6-4-8-20(22(17)23-15)29(26,27)25-13-18(14-25)28-21-12-11-16-5-2-3-7-19(16)24-21/h2-12,18H,13-14H2,1H3. The first-order chi connectivity index (χ1) is 14.0. The van der Waals surface area contributed by atoms with Gasteiger partial charge in [0.25, 0.3) is 0 Å². The first kappa shape index (κ1) is 18.0. The van der Waals surface area contributed by atoms with E-state index in [4.69, 9.17) is 4.74 Å². The maximum atomic E-state index is 13.1. The molecule has 6 nitrogen and oxygen atoms in total. The summed E-state index contributed by atoms with van der Waals surface area (Å²) in [5, 5.41) is 1.85. The van der Waals surface area contributed by atoms with Gasteiger partial charge in [-0.1, -0.05) is 36.4 Å². The van der Waals surface area contributed by atoms with Crippen molar-refractivity contribution in [3.05, 3.63) is 72.4 Å². The molecule has 146 valence electrons. The van der Waals surface area contributed by atoms with E-state index in [1.165, 1.54) is 4.31 Å². The van der Waals surface area contributed by atoms with Gasteiger partial charge in [0.05, 0.1) is 24.1 Å². The van der Waals surface area contributed by atoms with Gasteiger partial charge in [-0.25, -0.2) is 13.4 Å². The van der Waals surface area contributed by atoms with E-state index in [1.807, 2.05) is 61.5 Å². The number of hydrogen-bond donors (Lipinski definition) is 0. The van der Waals surface area contributed by atoms with Crippen LogP contribution >= 0.6 is 0 Å². The van der Waals surface area contributed by atoms with Crippen molar-refractivity contribution in [3.63, 3.8) is 0 Å². The van der Waals surface area contributed by atoms with Crippen LogP contribution in [0.15, 0.2) is 71.6 Å². The van der Waals surface area contributed by atoms with Crippen LogP contribution in [-0.2, 0) is 10.0 Å². The summed E-state index contributed by atoms with van der Waals surface area (Å²) in [6.45, 7) is 2.44. The van der Waals surface area contributed by atoms with Crippen molar-refractivity contribution in [3.8, 4) is 5.88 Å². The Morgan fingerprint density at radius 2 is 1.66 bits per heavy atom. The number of hydrogen-bond acceptors (Lipinski definition) is 5. The van der Waals surface area contributed by atoms with Gasteiger partial charge in [-0.2, -0.15) is 4.31 Å². The van der Waals surface area contributed by atoms with E-state index in [0.717, 1.165) is 22.0 Å². The number of rotatable bonds is 4. The molecule has 4 aromatic rings. The van der Waals surface area contributed by atoms with Crippen LogP contribution in [-0.4, -0.2) is 41.9 Å². The van der Waals surface area contributed by atoms with E-state index in [9.17, 15) is 8.42 Å². The molecule has 2 aromatic carbocycles. The summed E-state index contributed by atoms with van der Waals surface area (Å²) in [4.78, 5) is 9.18. The summed E-state index contributed by atoms with van der Waals surface area (Å²) in [6, 6.07) is 20.6. The van der Waals surface area contributed by atoms with Crippen molar-refractivity contribution < 1.29 is 13.2 Å². The van der Waals surface area contributed by atoms with E-state index in [2.05, 4.69) is 9.97 Å². The highest BCUT2D eigenvalue weighted by molar-refractivity contribution is 7.89. The molecule has 3 heterocycles. The van der Waals surface area contributed by atoms with Crippen molar-refractivity contribution in [2.75, 3.05) is 13.1 Å². The minimum Gasteiger partial charge on any atom is -0.472 e. The fraction of sp³-hybridized carbons (Fsp3) is 0.182. The molecule has 1 fully saturated rings. The molecule has 7 heteroatoms. The molecule has 1 aliphatic rings. The number of para-hydroxylation sites is 2. The van der Waals surface area contributed by atoms with Crippen molar-refractivity contribution in [2.45, 2.75) is 17.9 Å². The zero-order chi connectivity index (χ0) is 20.0. The lowest BCUT2D eigenvalue weighted by atomic mass is 10.2. The number of pyridine rings is 2. The fourth-order valence-corrected chi connectivity index (χ4v) is 5.18. The van der Waals surface area contributed by atoms with E-state index in [0.29, 0.717) is 24.5 Å². The smallest absolute Gasteiger partial charge is 0.245 e. The van der Waals surface area contributed by atoms with Crippen LogP contribution in [0.1, 0.15) is 5.69 Å². The number of aryl methyl sites for hydroxylation is 1. The summed E-state index contributed by atoms with van der Waals surface area (Å²) in [5.74, 6) is 0.508. The van der Waals surface area contributed by atoms with Crippen LogP contribution in [0.3, 0.4) is 0 Å². The number of nitrogens with zero attached hydrogens (tertiary/aromatic N) is 3.